The Bertz CT molecular complexity index is 1550. The number of nitrogens with zero attached hydrogens (tertiary/aromatic N) is 8. The summed E-state index contributed by atoms with van der Waals surface area (Å²) in [6, 6.07) is 3.63. The zero-order valence-electron chi connectivity index (χ0n) is 18.7. The fourth-order valence-corrected chi connectivity index (χ4v) is 4.37. The summed E-state index contributed by atoms with van der Waals surface area (Å²) in [5.41, 5.74) is 0.937. The van der Waals surface area contributed by atoms with Crippen LogP contribution in [0.5, 0.6) is 0 Å². The van der Waals surface area contributed by atoms with Gasteiger partial charge in [-0.05, 0) is 25.0 Å². The molecule has 1 fully saturated rings. The van der Waals surface area contributed by atoms with Crippen LogP contribution in [0.25, 0.3) is 28.1 Å². The number of carbonyl (C=O) groups excluding carboxylic acids is 2. The van der Waals surface area contributed by atoms with Crippen molar-refractivity contribution in [2.75, 3.05) is 13.1 Å². The Morgan fingerprint density at radius 3 is 2.78 bits per heavy atom. The van der Waals surface area contributed by atoms with Gasteiger partial charge in [0.2, 0.25) is 11.7 Å². The van der Waals surface area contributed by atoms with Crippen LogP contribution < -0.4 is 0 Å². The molecule has 1 aliphatic rings. The Morgan fingerprint density at radius 2 is 2.03 bits per heavy atom. The standard InChI is InChI=1S/C23H18FN9O3/c24-16-12-27-21(33-9-6-28-31-33)18-17(16)15(11-26-18)19(34)23(35)32-7-3-13(4-8-32)22-29-20(30-36-22)14-2-1-5-25-10-14/h1-2,5-6,9-13,26H,3-4,7-8H2. The Kier molecular flexibility index (Phi) is 5.28. The number of fused-ring (bicyclic) bond motifs is 1. The number of H-pyrrole nitrogens is 1. The van der Waals surface area contributed by atoms with Crippen LogP contribution in [-0.4, -0.2) is 69.8 Å². The molecular weight excluding hydrogens is 469 g/mol. The van der Waals surface area contributed by atoms with E-state index in [1.54, 1.807) is 24.7 Å². The number of aromatic amines is 1. The molecule has 0 unspecified atom stereocenters. The third kappa shape index (κ3) is 3.70. The van der Waals surface area contributed by atoms with Crippen LogP contribution in [0.3, 0.4) is 0 Å². The number of hydrogen-bond acceptors (Lipinski definition) is 9. The molecule has 1 amide bonds. The number of amides is 1. The first-order chi connectivity index (χ1) is 17.6. The number of carbonyl (C=O) groups is 2. The zero-order chi connectivity index (χ0) is 24.6. The maximum atomic E-state index is 14.7. The third-order valence-electron chi connectivity index (χ3n) is 6.21. The van der Waals surface area contributed by atoms with Crippen molar-refractivity contribution < 1.29 is 18.5 Å². The summed E-state index contributed by atoms with van der Waals surface area (Å²) in [5, 5.41) is 11.6. The molecule has 0 aromatic carbocycles. The summed E-state index contributed by atoms with van der Waals surface area (Å²) >= 11 is 0. The maximum Gasteiger partial charge on any atom is 0.295 e. The minimum atomic E-state index is -0.800. The number of nitrogens with one attached hydrogen (secondary N) is 1. The first-order valence-corrected chi connectivity index (χ1v) is 11.2. The number of piperidine rings is 1. The normalized spacial score (nSPS) is 14.4. The van der Waals surface area contributed by atoms with Gasteiger partial charge in [-0.3, -0.25) is 14.6 Å². The van der Waals surface area contributed by atoms with E-state index in [0.29, 0.717) is 37.6 Å². The van der Waals surface area contributed by atoms with E-state index in [9.17, 15) is 14.0 Å². The molecule has 0 aliphatic carbocycles. The average molecular weight is 487 g/mol. The van der Waals surface area contributed by atoms with Crippen LogP contribution in [0.2, 0.25) is 0 Å². The topological polar surface area (TPSA) is 149 Å². The highest BCUT2D eigenvalue weighted by atomic mass is 19.1. The van der Waals surface area contributed by atoms with E-state index in [1.165, 1.54) is 22.0 Å². The summed E-state index contributed by atoms with van der Waals surface area (Å²) in [6.07, 6.45) is 9.72. The van der Waals surface area contributed by atoms with Gasteiger partial charge in [-0.1, -0.05) is 10.4 Å². The number of likely N-dealkylation sites (tertiary alicyclic amines) is 1. The molecule has 13 heteroatoms. The third-order valence-corrected chi connectivity index (χ3v) is 6.21. The summed E-state index contributed by atoms with van der Waals surface area (Å²) in [5.74, 6) is -1.05. The number of halogens is 1. The second-order valence-corrected chi connectivity index (χ2v) is 8.32. The molecule has 6 heterocycles. The van der Waals surface area contributed by atoms with E-state index < -0.39 is 17.5 Å². The highest BCUT2D eigenvalue weighted by Crippen LogP contribution is 2.30. The molecule has 1 N–H and O–H groups in total. The molecule has 0 atom stereocenters. The van der Waals surface area contributed by atoms with Crippen molar-refractivity contribution in [2.24, 2.45) is 0 Å². The van der Waals surface area contributed by atoms with E-state index >= 15 is 0 Å². The van der Waals surface area contributed by atoms with Crippen molar-refractivity contribution in [3.8, 4) is 17.2 Å². The summed E-state index contributed by atoms with van der Waals surface area (Å²) in [7, 11) is 0. The molecular formula is C23H18FN9O3. The number of pyridine rings is 2. The van der Waals surface area contributed by atoms with Gasteiger partial charge in [-0.2, -0.15) is 4.98 Å². The van der Waals surface area contributed by atoms with Gasteiger partial charge in [0.25, 0.3) is 11.7 Å². The van der Waals surface area contributed by atoms with Crippen LogP contribution in [0, 0.1) is 5.82 Å². The second kappa shape index (κ2) is 8.76. The number of ketones is 1. The molecule has 0 saturated carbocycles. The van der Waals surface area contributed by atoms with Crippen LogP contribution in [-0.2, 0) is 4.79 Å². The number of rotatable bonds is 5. The van der Waals surface area contributed by atoms with Gasteiger partial charge in [-0.15, -0.1) is 5.10 Å². The van der Waals surface area contributed by atoms with Gasteiger partial charge in [0.1, 0.15) is 0 Å². The van der Waals surface area contributed by atoms with Gasteiger partial charge in [0.15, 0.2) is 11.6 Å². The Labute approximate surface area is 202 Å². The van der Waals surface area contributed by atoms with Crippen molar-refractivity contribution in [3.63, 3.8) is 0 Å². The number of hydrogen-bond donors (Lipinski definition) is 1. The van der Waals surface area contributed by atoms with Crippen molar-refractivity contribution in [1.29, 1.82) is 0 Å². The Balaban J connectivity index is 1.18. The number of Topliss-reactive ketones (excluding diaryl/α,β-unsaturated/α-hetero) is 1. The van der Waals surface area contributed by atoms with Crippen LogP contribution in [0.15, 0.2) is 53.8 Å². The van der Waals surface area contributed by atoms with Crippen molar-refractivity contribution in [2.45, 2.75) is 18.8 Å². The highest BCUT2D eigenvalue weighted by Gasteiger charge is 2.32. The van der Waals surface area contributed by atoms with Crippen LogP contribution in [0.1, 0.15) is 35.0 Å². The first-order valence-electron chi connectivity index (χ1n) is 11.2. The van der Waals surface area contributed by atoms with Crippen LogP contribution in [0.4, 0.5) is 4.39 Å². The zero-order valence-corrected chi connectivity index (χ0v) is 18.7. The van der Waals surface area contributed by atoms with E-state index in [2.05, 4.69) is 35.4 Å². The average Bonchev–Trinajstić information content (AvgIpc) is 3.70. The number of aromatic nitrogens is 8. The molecule has 5 aromatic rings. The first kappa shape index (κ1) is 21.7. The van der Waals surface area contributed by atoms with E-state index in [0.717, 1.165) is 11.8 Å². The lowest BCUT2D eigenvalue weighted by molar-refractivity contribution is -0.127. The smallest absolute Gasteiger partial charge is 0.295 e. The molecule has 36 heavy (non-hydrogen) atoms. The largest absolute Gasteiger partial charge is 0.357 e. The van der Waals surface area contributed by atoms with Gasteiger partial charge in [0.05, 0.1) is 35.1 Å². The molecule has 12 nitrogen and oxygen atoms in total. The summed E-state index contributed by atoms with van der Waals surface area (Å²) < 4.78 is 21.5. The van der Waals surface area contributed by atoms with E-state index in [-0.39, 0.29) is 28.2 Å². The molecule has 1 saturated heterocycles. The Morgan fingerprint density at radius 1 is 1.17 bits per heavy atom. The van der Waals surface area contributed by atoms with Crippen molar-refractivity contribution in [3.05, 3.63) is 66.6 Å². The predicted molar refractivity (Wildman–Crippen MR) is 121 cm³/mol. The lowest BCUT2D eigenvalue weighted by atomic mass is 9.96. The van der Waals surface area contributed by atoms with E-state index in [1.807, 2.05) is 6.07 Å². The van der Waals surface area contributed by atoms with Gasteiger partial charge >= 0.3 is 0 Å². The quantitative estimate of drug-likeness (QED) is 0.291. The lowest BCUT2D eigenvalue weighted by Gasteiger charge is -2.29. The lowest BCUT2D eigenvalue weighted by Crippen LogP contribution is -2.41. The Hall–Kier alpha value is -4.81. The van der Waals surface area contributed by atoms with Gasteiger partial charge in [0, 0.05) is 43.2 Å². The minimum absolute atomic E-state index is 0.0162. The molecule has 180 valence electrons. The monoisotopic (exact) mass is 487 g/mol. The fourth-order valence-electron chi connectivity index (χ4n) is 4.37. The van der Waals surface area contributed by atoms with Crippen molar-refractivity contribution >= 4 is 22.6 Å². The molecule has 6 rings (SSSR count). The van der Waals surface area contributed by atoms with Gasteiger partial charge < -0.3 is 14.4 Å². The summed E-state index contributed by atoms with van der Waals surface area (Å²) in [4.78, 5) is 43.0. The molecule has 0 bridgehead atoms. The van der Waals surface area contributed by atoms with Crippen molar-refractivity contribution in [1.82, 2.24) is 45.0 Å². The van der Waals surface area contributed by atoms with Gasteiger partial charge in [-0.25, -0.2) is 14.1 Å². The molecule has 1 aliphatic heterocycles. The molecule has 0 radical (unpaired) electrons. The SMILES string of the molecule is O=C(C(=O)N1CCC(c2nc(-c3cccnc3)no2)CC1)c1c[nH]c2c(-n3ccnn3)ncc(F)c12. The molecule has 5 aromatic heterocycles. The molecule has 0 spiro atoms. The fraction of sp³-hybridized carbons (Fsp3) is 0.217. The van der Waals surface area contributed by atoms with E-state index in [4.69, 9.17) is 4.52 Å². The highest BCUT2D eigenvalue weighted by molar-refractivity contribution is 6.45. The summed E-state index contributed by atoms with van der Waals surface area (Å²) in [6.45, 7) is 0.660. The maximum absolute atomic E-state index is 14.7. The second-order valence-electron chi connectivity index (χ2n) is 8.32. The predicted octanol–water partition coefficient (Wildman–Crippen LogP) is 2.32. The minimum Gasteiger partial charge on any atom is -0.357 e. The van der Waals surface area contributed by atoms with Crippen LogP contribution >= 0.6 is 0 Å².